The van der Waals surface area contributed by atoms with Gasteiger partial charge in [-0.2, -0.15) is 0 Å². The summed E-state index contributed by atoms with van der Waals surface area (Å²) in [5.41, 5.74) is 0. The molecule has 0 amide bonds. The predicted molar refractivity (Wildman–Crippen MR) is 12.5 cm³/mol. The van der Waals surface area contributed by atoms with Crippen LogP contribution in [-0.2, 0) is 55.7 Å². The molecule has 3 radical (unpaired) electrons. The Bertz CT molecular complexity index is 27.5. The molecule has 0 unspecified atom stereocenters. The Morgan fingerprint density at radius 3 is 1.17 bits per heavy atom. The monoisotopic (exact) mass is 191 g/mol. The fourth-order valence-electron chi connectivity index (χ4n) is 0. The van der Waals surface area contributed by atoms with Crippen molar-refractivity contribution in [3.05, 3.63) is 13.3 Å². The van der Waals surface area contributed by atoms with Gasteiger partial charge in [0.05, 0.1) is 0 Å². The van der Waals surface area contributed by atoms with Crippen LogP contribution in [0.3, 0.4) is 0 Å². The van der Waals surface area contributed by atoms with Crippen molar-refractivity contribution in [2.45, 2.75) is 0 Å². The van der Waals surface area contributed by atoms with Crippen LogP contribution in [0.1, 0.15) is 0 Å². The normalized spacial score (nSPS) is 1.17. The quantitative estimate of drug-likeness (QED) is 0.384. The minimum atomic E-state index is 0. The maximum atomic E-state index is 5.85. The van der Waals surface area contributed by atoms with E-state index in [9.17, 15) is 0 Å². The van der Waals surface area contributed by atoms with E-state index >= 15 is 0 Å². The Morgan fingerprint density at radius 2 is 1.17 bits per heavy atom. The van der Waals surface area contributed by atoms with Gasteiger partial charge in [-0.3, -0.25) is 0 Å². The van der Waals surface area contributed by atoms with Gasteiger partial charge in [0.1, 0.15) is 0 Å². The first-order valence-corrected chi connectivity index (χ1v) is 0.604. The Morgan fingerprint density at radius 1 is 1.17 bits per heavy atom. The van der Waals surface area contributed by atoms with E-state index in [0.717, 1.165) is 0 Å². The van der Waals surface area contributed by atoms with Crippen molar-refractivity contribution in [2.75, 3.05) is 0 Å². The topological polar surface area (TPSA) is 0 Å². The minimum Gasteiger partial charge on any atom is -0.729 e. The zero-order valence-corrected chi connectivity index (χ0v) is 7.24. The van der Waals surface area contributed by atoms with Gasteiger partial charge in [-0.1, -0.05) is 0 Å². The molecular weight excluding hydrogens is 189 g/mol. The second-order valence-corrected chi connectivity index (χ2v) is 0.177. The zero-order chi connectivity index (χ0) is 2.71. The van der Waals surface area contributed by atoms with Crippen LogP contribution < -0.4 is 0 Å². The summed E-state index contributed by atoms with van der Waals surface area (Å²) in [4.78, 5) is 0. The van der Waals surface area contributed by atoms with Crippen LogP contribution in [-0.4, -0.2) is 0 Å². The van der Waals surface area contributed by atoms with E-state index in [1.807, 2.05) is 0 Å². The van der Waals surface area contributed by atoms with Crippen LogP contribution >= 0.6 is 0 Å². The van der Waals surface area contributed by atoms with Crippen LogP contribution in [0.15, 0.2) is 0 Å². The molecule has 0 atom stereocenters. The maximum Gasteiger partial charge on any atom is 0 e. The van der Waals surface area contributed by atoms with Gasteiger partial charge in [0.15, 0.2) is 0 Å². The molecule has 0 aromatic rings. The molecule has 0 aliphatic carbocycles. The molecule has 0 bridgehead atoms. The van der Waals surface area contributed by atoms with E-state index in [4.69, 9.17) is 6.42 Å². The first kappa shape index (κ1) is 27.1. The average molecular weight is 191 g/mol. The van der Waals surface area contributed by atoms with E-state index in [-0.39, 0.29) is 55.7 Å². The third-order valence-corrected chi connectivity index (χ3v) is 0. The van der Waals surface area contributed by atoms with Gasteiger partial charge in [-0.15, -0.1) is 0 Å². The molecule has 0 N–H and O–H groups in total. The molecule has 0 saturated carbocycles. The van der Waals surface area contributed by atoms with Gasteiger partial charge in [0.25, 0.3) is 0 Å². The largest absolute Gasteiger partial charge is 0.729 e. The molecule has 0 aromatic heterocycles. The summed E-state index contributed by atoms with van der Waals surface area (Å²) >= 11 is 0. The van der Waals surface area contributed by atoms with Gasteiger partial charge < -0.3 is 19.3 Å². The van der Waals surface area contributed by atoms with Crippen LogP contribution in [0.5, 0.6) is 0 Å². The number of rotatable bonds is 0. The SMILES string of the molecule is [C-]#C[CH2-].[V].[V].[V]. The molecule has 6 heavy (non-hydrogen) atoms. The van der Waals surface area contributed by atoms with Crippen LogP contribution in [0.4, 0.5) is 0 Å². The molecule has 0 nitrogen and oxygen atoms in total. The first-order chi connectivity index (χ1) is 1.41. The summed E-state index contributed by atoms with van der Waals surface area (Å²) in [6.07, 6.45) is 5.85. The molecule has 31 valence electrons. The molecule has 0 saturated heterocycles. The second-order valence-electron chi connectivity index (χ2n) is 0.177. The second kappa shape index (κ2) is 34.9. The molecule has 0 fully saturated rings. The Hall–Kier alpha value is 1.18. The molecule has 0 aliphatic rings. The molecule has 0 aliphatic heterocycles. The summed E-state index contributed by atoms with van der Waals surface area (Å²) < 4.78 is 0. The number of hydrogen-bond donors (Lipinski definition) is 0. The van der Waals surface area contributed by atoms with Crippen LogP contribution in [0.25, 0.3) is 0 Å². The Labute approximate surface area is 74.5 Å². The Balaban J connectivity index is -0.00000000667. The predicted octanol–water partition coefficient (Wildman–Crippen LogP) is 0.403. The average Bonchev–Trinajstić information content (AvgIpc) is 0.918. The Kier molecular flexibility index (Phi) is 157. The summed E-state index contributed by atoms with van der Waals surface area (Å²) in [5.74, 6) is 1.75. The third-order valence-electron chi connectivity index (χ3n) is 0. The van der Waals surface area contributed by atoms with Crippen molar-refractivity contribution in [2.24, 2.45) is 0 Å². The summed E-state index contributed by atoms with van der Waals surface area (Å²) in [6.45, 7) is 2.90. The van der Waals surface area contributed by atoms with Crippen molar-refractivity contribution in [1.29, 1.82) is 0 Å². The van der Waals surface area contributed by atoms with E-state index in [1.165, 1.54) is 0 Å². The fraction of sp³-hybridized carbons (Fsp3) is 0. The van der Waals surface area contributed by atoms with E-state index in [2.05, 4.69) is 6.92 Å². The van der Waals surface area contributed by atoms with Gasteiger partial charge in [0.2, 0.25) is 0 Å². The fourth-order valence-corrected chi connectivity index (χ4v) is 0. The van der Waals surface area contributed by atoms with Crippen molar-refractivity contribution in [3.8, 4) is 5.92 Å². The molecule has 0 aromatic carbocycles. The number of hydrogen-bond acceptors (Lipinski definition) is 0. The molecule has 0 heterocycles. The van der Waals surface area contributed by atoms with Gasteiger partial charge in [0, 0.05) is 55.7 Å². The minimum absolute atomic E-state index is 0. The van der Waals surface area contributed by atoms with E-state index in [0.29, 0.717) is 0 Å². The van der Waals surface area contributed by atoms with Gasteiger partial charge in [-0.05, 0) is 0 Å². The van der Waals surface area contributed by atoms with Crippen molar-refractivity contribution in [3.63, 3.8) is 0 Å². The van der Waals surface area contributed by atoms with E-state index in [1.54, 1.807) is 5.92 Å². The molecular formula is C3H2V3-2. The zero-order valence-electron chi connectivity index (χ0n) is 3.05. The smallest absolute Gasteiger partial charge is 0 e. The molecule has 0 rings (SSSR count). The standard InChI is InChI=1S/C3H2.3V/c1-3-2;;;/h1H2;;;/q-2;;;. The van der Waals surface area contributed by atoms with Gasteiger partial charge in [-0.25, -0.2) is 0 Å². The van der Waals surface area contributed by atoms with Crippen molar-refractivity contribution >= 4 is 0 Å². The summed E-state index contributed by atoms with van der Waals surface area (Å²) in [6, 6.07) is 0. The van der Waals surface area contributed by atoms with Crippen LogP contribution in [0, 0.1) is 19.3 Å². The molecule has 0 spiro atoms. The van der Waals surface area contributed by atoms with Crippen molar-refractivity contribution < 1.29 is 55.7 Å². The first-order valence-electron chi connectivity index (χ1n) is 0.604. The van der Waals surface area contributed by atoms with Crippen LogP contribution in [0.2, 0.25) is 0 Å². The molecule has 3 heteroatoms. The maximum absolute atomic E-state index is 5.85. The summed E-state index contributed by atoms with van der Waals surface area (Å²) in [5, 5.41) is 0. The van der Waals surface area contributed by atoms with E-state index < -0.39 is 0 Å². The third kappa shape index (κ3) is 64.8. The van der Waals surface area contributed by atoms with Gasteiger partial charge >= 0.3 is 0 Å². The van der Waals surface area contributed by atoms with Crippen molar-refractivity contribution in [1.82, 2.24) is 0 Å². The summed E-state index contributed by atoms with van der Waals surface area (Å²) in [7, 11) is 0.